The lowest BCUT2D eigenvalue weighted by molar-refractivity contribution is -0.167. The topological polar surface area (TPSA) is 99.2 Å². The Hall–Kier alpha value is -3.20. The molecule has 1 unspecified atom stereocenters. The van der Waals surface area contributed by atoms with Gasteiger partial charge >= 0.3 is 18.0 Å². The van der Waals surface area contributed by atoms with Gasteiger partial charge in [-0.05, 0) is 51.3 Å². The molecule has 2 aromatic rings. The van der Waals surface area contributed by atoms with E-state index in [2.05, 4.69) is 15.9 Å². The summed E-state index contributed by atoms with van der Waals surface area (Å²) in [5, 5.41) is 0. The number of rotatable bonds is 7. The van der Waals surface area contributed by atoms with Gasteiger partial charge in [0.2, 0.25) is 5.78 Å². The Bertz CT molecular complexity index is 1060. The minimum absolute atomic E-state index is 0.0885. The lowest BCUT2D eigenvalue weighted by atomic mass is 10.1. The molecule has 2 aromatic carbocycles. The molecule has 0 spiro atoms. The molecule has 3 rings (SSSR count). The molecule has 1 aliphatic heterocycles. The Morgan fingerprint density at radius 2 is 1.69 bits per heavy atom. The van der Waals surface area contributed by atoms with Gasteiger partial charge in [-0.3, -0.25) is 9.69 Å². The normalized spacial score (nSPS) is 16.3. The second-order valence-electron chi connectivity index (χ2n) is 9.11. The maximum atomic E-state index is 13.2. The zero-order valence-corrected chi connectivity index (χ0v) is 21.4. The summed E-state index contributed by atoms with van der Waals surface area (Å²) in [4.78, 5) is 53.0. The van der Waals surface area contributed by atoms with E-state index in [1.165, 1.54) is 17.0 Å². The molecule has 186 valence electrons. The number of ether oxygens (including phenoxy) is 3. The monoisotopic (exact) mass is 545 g/mol. The van der Waals surface area contributed by atoms with E-state index in [4.69, 9.17) is 14.2 Å². The van der Waals surface area contributed by atoms with Crippen molar-refractivity contribution >= 4 is 39.7 Å². The second kappa shape index (κ2) is 11.5. The summed E-state index contributed by atoms with van der Waals surface area (Å²) in [5.41, 5.74) is 0.155. The SMILES string of the molecule is CC(C)(C)OC(=O)N1CCC[C@H]1C(=O)OC(C(=O)OCc1ccccc1)C(=O)c1ccc(Br)cc1. The van der Waals surface area contributed by atoms with Crippen LogP contribution in [0.5, 0.6) is 0 Å². The number of nitrogens with zero attached hydrogens (tertiary/aromatic N) is 1. The predicted molar refractivity (Wildman–Crippen MR) is 131 cm³/mol. The van der Waals surface area contributed by atoms with Crippen LogP contribution in [-0.2, 0) is 30.4 Å². The Morgan fingerprint density at radius 3 is 2.31 bits per heavy atom. The minimum atomic E-state index is -1.81. The van der Waals surface area contributed by atoms with Crippen molar-refractivity contribution < 1.29 is 33.4 Å². The van der Waals surface area contributed by atoms with Gasteiger partial charge < -0.3 is 14.2 Å². The fraction of sp³-hybridized carbons (Fsp3) is 0.385. The van der Waals surface area contributed by atoms with Gasteiger partial charge in [0.1, 0.15) is 18.2 Å². The van der Waals surface area contributed by atoms with Gasteiger partial charge in [-0.15, -0.1) is 0 Å². The first-order valence-electron chi connectivity index (χ1n) is 11.3. The molecular weight excluding hydrogens is 518 g/mol. The molecule has 1 heterocycles. The minimum Gasteiger partial charge on any atom is -0.458 e. The molecule has 0 radical (unpaired) electrons. The van der Waals surface area contributed by atoms with Crippen molar-refractivity contribution in [2.75, 3.05) is 6.54 Å². The average molecular weight is 546 g/mol. The molecule has 2 atom stereocenters. The lowest BCUT2D eigenvalue weighted by Gasteiger charge is -2.28. The Balaban J connectivity index is 1.77. The number of ketones is 1. The summed E-state index contributed by atoms with van der Waals surface area (Å²) in [6.45, 7) is 5.39. The molecule has 1 aliphatic rings. The van der Waals surface area contributed by atoms with Gasteiger partial charge in [0.25, 0.3) is 6.10 Å². The van der Waals surface area contributed by atoms with Crippen LogP contribution in [0.4, 0.5) is 4.79 Å². The highest BCUT2D eigenvalue weighted by molar-refractivity contribution is 9.10. The highest BCUT2D eigenvalue weighted by Crippen LogP contribution is 2.23. The number of carbonyl (C=O) groups is 4. The number of likely N-dealkylation sites (tertiary alicyclic amines) is 1. The number of hydrogen-bond donors (Lipinski definition) is 0. The maximum absolute atomic E-state index is 13.2. The summed E-state index contributed by atoms with van der Waals surface area (Å²) in [7, 11) is 0. The maximum Gasteiger partial charge on any atom is 0.411 e. The van der Waals surface area contributed by atoms with Gasteiger partial charge in [0.05, 0.1) is 0 Å². The first-order chi connectivity index (χ1) is 16.5. The zero-order chi connectivity index (χ0) is 25.6. The number of carbonyl (C=O) groups excluding carboxylic acids is 4. The molecule has 35 heavy (non-hydrogen) atoms. The molecule has 1 saturated heterocycles. The van der Waals surface area contributed by atoms with Crippen LogP contribution in [0.25, 0.3) is 0 Å². The molecule has 0 aromatic heterocycles. The van der Waals surface area contributed by atoms with Crippen LogP contribution < -0.4 is 0 Å². The fourth-order valence-corrected chi connectivity index (χ4v) is 3.79. The first-order valence-corrected chi connectivity index (χ1v) is 12.0. The third-order valence-corrected chi connectivity index (χ3v) is 5.72. The molecule has 1 fully saturated rings. The third kappa shape index (κ3) is 7.39. The van der Waals surface area contributed by atoms with Gasteiger partial charge in [0, 0.05) is 16.6 Å². The van der Waals surface area contributed by atoms with Crippen LogP contribution in [0.1, 0.15) is 49.5 Å². The second-order valence-corrected chi connectivity index (χ2v) is 10.0. The van der Waals surface area contributed by atoms with Crippen LogP contribution in [0.3, 0.4) is 0 Å². The number of esters is 2. The van der Waals surface area contributed by atoms with Crippen molar-refractivity contribution in [1.29, 1.82) is 0 Å². The van der Waals surface area contributed by atoms with E-state index < -0.39 is 41.6 Å². The van der Waals surface area contributed by atoms with Crippen LogP contribution >= 0.6 is 15.9 Å². The number of halogens is 1. The van der Waals surface area contributed by atoms with Crippen LogP contribution in [0, 0.1) is 0 Å². The third-order valence-electron chi connectivity index (χ3n) is 5.19. The summed E-state index contributed by atoms with van der Waals surface area (Å²) < 4.78 is 16.9. The van der Waals surface area contributed by atoms with Gasteiger partial charge in [-0.2, -0.15) is 0 Å². The Kier molecular flexibility index (Phi) is 8.67. The van der Waals surface area contributed by atoms with Crippen LogP contribution in [-0.4, -0.2) is 53.0 Å². The summed E-state index contributed by atoms with van der Waals surface area (Å²) in [5.74, 6) is -2.57. The molecule has 0 N–H and O–H groups in total. The molecule has 1 amide bonds. The van der Waals surface area contributed by atoms with Crippen molar-refractivity contribution in [3.8, 4) is 0 Å². The largest absolute Gasteiger partial charge is 0.458 e. The van der Waals surface area contributed by atoms with E-state index in [0.717, 1.165) is 4.47 Å². The Labute approximate surface area is 212 Å². The quantitative estimate of drug-likeness (QED) is 0.215. The van der Waals surface area contributed by atoms with Crippen molar-refractivity contribution in [3.63, 3.8) is 0 Å². The summed E-state index contributed by atoms with van der Waals surface area (Å²) >= 11 is 3.30. The predicted octanol–water partition coefficient (Wildman–Crippen LogP) is 4.69. The van der Waals surface area contributed by atoms with Gasteiger partial charge in [-0.1, -0.05) is 58.4 Å². The van der Waals surface area contributed by atoms with Crippen molar-refractivity contribution in [3.05, 3.63) is 70.2 Å². The number of amides is 1. The van der Waals surface area contributed by atoms with Crippen LogP contribution in [0.15, 0.2) is 59.1 Å². The van der Waals surface area contributed by atoms with Crippen molar-refractivity contribution in [2.45, 2.75) is 58.0 Å². The molecule has 0 bridgehead atoms. The summed E-state index contributed by atoms with van der Waals surface area (Å²) in [6, 6.07) is 14.3. The lowest BCUT2D eigenvalue weighted by Crippen LogP contribution is -2.46. The van der Waals surface area contributed by atoms with E-state index >= 15 is 0 Å². The average Bonchev–Trinajstić information content (AvgIpc) is 3.31. The molecule has 9 heteroatoms. The smallest absolute Gasteiger partial charge is 0.411 e. The molecular formula is C26H28BrNO7. The molecule has 0 saturated carbocycles. The number of hydrogen-bond acceptors (Lipinski definition) is 7. The van der Waals surface area contributed by atoms with E-state index in [9.17, 15) is 19.2 Å². The van der Waals surface area contributed by atoms with Crippen molar-refractivity contribution in [2.24, 2.45) is 0 Å². The number of Topliss-reactive ketones (excluding diaryl/α,β-unsaturated/α-hetero) is 1. The fourth-order valence-electron chi connectivity index (χ4n) is 3.52. The Morgan fingerprint density at radius 1 is 1.03 bits per heavy atom. The molecule has 0 aliphatic carbocycles. The standard InChI is InChI=1S/C26H28BrNO7/c1-26(2,3)35-25(32)28-15-7-10-20(28)23(30)34-22(21(29)18-11-13-19(27)14-12-18)24(31)33-16-17-8-5-4-6-9-17/h4-6,8-9,11-14,20,22H,7,10,15-16H2,1-3H3/t20-,22?/m0/s1. The molecule has 8 nitrogen and oxygen atoms in total. The van der Waals surface area contributed by atoms with Gasteiger partial charge in [-0.25, -0.2) is 14.4 Å². The zero-order valence-electron chi connectivity index (χ0n) is 19.9. The summed E-state index contributed by atoms with van der Waals surface area (Å²) in [6.07, 6.45) is -1.58. The van der Waals surface area contributed by atoms with Crippen LogP contribution in [0.2, 0.25) is 0 Å². The highest BCUT2D eigenvalue weighted by Gasteiger charge is 2.41. The number of benzene rings is 2. The van der Waals surface area contributed by atoms with E-state index in [0.29, 0.717) is 24.9 Å². The van der Waals surface area contributed by atoms with E-state index in [1.807, 2.05) is 6.07 Å². The first kappa shape index (κ1) is 26.4. The highest BCUT2D eigenvalue weighted by atomic mass is 79.9. The van der Waals surface area contributed by atoms with Gasteiger partial charge in [0.15, 0.2) is 0 Å². The van der Waals surface area contributed by atoms with E-state index in [-0.39, 0.29) is 12.2 Å². The van der Waals surface area contributed by atoms with E-state index in [1.54, 1.807) is 57.2 Å². The van der Waals surface area contributed by atoms with Crippen molar-refractivity contribution in [1.82, 2.24) is 4.90 Å².